The molecule has 6 nitrogen and oxygen atoms in total. The molecule has 2 amide bonds. The van der Waals surface area contributed by atoms with Crippen LogP contribution in [0.3, 0.4) is 0 Å². The maximum atomic E-state index is 13.4. The van der Waals surface area contributed by atoms with Gasteiger partial charge in [0, 0.05) is 51.9 Å². The SMILES string of the molecule is CNC(=O)c1ccc(-c2ccc(CC(N3CCCC3)N(C)C(=O)CN(C)c3ccc(Cl)c(Cl)c3)cc2)cc1. The second-order valence-electron chi connectivity index (χ2n) is 9.74. The highest BCUT2D eigenvalue weighted by Gasteiger charge is 2.29. The lowest BCUT2D eigenvalue weighted by molar-refractivity contribution is -0.133. The molecular weight excluding hydrogens is 519 g/mol. The topological polar surface area (TPSA) is 55.9 Å². The van der Waals surface area contributed by atoms with E-state index in [2.05, 4.69) is 34.5 Å². The van der Waals surface area contributed by atoms with E-state index in [1.165, 1.54) is 5.56 Å². The Morgan fingerprint density at radius 2 is 1.50 bits per heavy atom. The predicted molar refractivity (Wildman–Crippen MR) is 156 cm³/mol. The largest absolute Gasteiger partial charge is 0.365 e. The Hall–Kier alpha value is -3.06. The third kappa shape index (κ3) is 6.68. The molecule has 4 rings (SSSR count). The molecule has 1 N–H and O–H groups in total. The van der Waals surface area contributed by atoms with Crippen LogP contribution in [0.2, 0.25) is 10.0 Å². The molecule has 8 heteroatoms. The second-order valence-corrected chi connectivity index (χ2v) is 10.6. The van der Waals surface area contributed by atoms with Crippen molar-refractivity contribution >= 4 is 40.7 Å². The highest BCUT2D eigenvalue weighted by atomic mass is 35.5. The number of nitrogens with zero attached hydrogens (tertiary/aromatic N) is 3. The van der Waals surface area contributed by atoms with Gasteiger partial charge in [-0.1, -0.05) is 59.6 Å². The molecule has 1 aliphatic rings. The fourth-order valence-electron chi connectivity index (χ4n) is 4.85. The molecule has 3 aromatic carbocycles. The molecule has 1 atom stereocenters. The fraction of sp³-hybridized carbons (Fsp3) is 0.333. The maximum Gasteiger partial charge on any atom is 0.251 e. The summed E-state index contributed by atoms with van der Waals surface area (Å²) in [6.07, 6.45) is 3.01. The second kappa shape index (κ2) is 12.7. The molecule has 200 valence electrons. The molecule has 1 saturated heterocycles. The van der Waals surface area contributed by atoms with E-state index in [-0.39, 0.29) is 24.5 Å². The number of amides is 2. The van der Waals surface area contributed by atoms with Crippen LogP contribution < -0.4 is 10.2 Å². The molecule has 38 heavy (non-hydrogen) atoms. The Morgan fingerprint density at radius 1 is 0.895 bits per heavy atom. The van der Waals surface area contributed by atoms with Gasteiger partial charge >= 0.3 is 0 Å². The Balaban J connectivity index is 1.45. The number of anilines is 1. The third-order valence-corrected chi connectivity index (χ3v) is 7.94. The van der Waals surface area contributed by atoms with E-state index < -0.39 is 0 Å². The first-order valence-electron chi connectivity index (χ1n) is 12.8. The third-order valence-electron chi connectivity index (χ3n) is 7.20. The minimum atomic E-state index is -0.0957. The van der Waals surface area contributed by atoms with E-state index in [0.29, 0.717) is 15.6 Å². The van der Waals surface area contributed by atoms with Crippen molar-refractivity contribution < 1.29 is 9.59 Å². The van der Waals surface area contributed by atoms with Gasteiger partial charge in [-0.2, -0.15) is 0 Å². The van der Waals surface area contributed by atoms with E-state index in [4.69, 9.17) is 23.2 Å². The normalized spacial score (nSPS) is 14.2. The molecule has 0 aliphatic carbocycles. The molecule has 0 bridgehead atoms. The standard InChI is InChI=1S/C30H34Cl2N4O2/c1-33-30(38)24-12-10-23(11-13-24)22-8-6-21(7-9-22)18-28(36-16-4-5-17-36)35(3)29(37)20-34(2)25-14-15-26(31)27(32)19-25/h6-15,19,28H,4-5,16-18,20H2,1-3H3,(H,33,38). The van der Waals surface area contributed by atoms with E-state index >= 15 is 0 Å². The first-order valence-corrected chi connectivity index (χ1v) is 13.6. The van der Waals surface area contributed by atoms with Gasteiger partial charge in [0.25, 0.3) is 5.91 Å². The van der Waals surface area contributed by atoms with Gasteiger partial charge < -0.3 is 15.1 Å². The van der Waals surface area contributed by atoms with E-state index in [9.17, 15) is 9.59 Å². The summed E-state index contributed by atoms with van der Waals surface area (Å²) in [5, 5.41) is 3.61. The predicted octanol–water partition coefficient (Wildman–Crippen LogP) is 5.58. The molecule has 0 aromatic heterocycles. The highest BCUT2D eigenvalue weighted by Crippen LogP contribution is 2.27. The Bertz CT molecular complexity index is 1260. The minimum absolute atomic E-state index is 0.0232. The summed E-state index contributed by atoms with van der Waals surface area (Å²) in [6, 6.07) is 21.5. The summed E-state index contributed by atoms with van der Waals surface area (Å²) in [5.41, 5.74) is 4.79. The van der Waals surface area contributed by atoms with Crippen molar-refractivity contribution in [2.45, 2.75) is 25.4 Å². The summed E-state index contributed by atoms with van der Waals surface area (Å²) in [4.78, 5) is 31.4. The van der Waals surface area contributed by atoms with Gasteiger partial charge in [-0.05, 0) is 59.9 Å². The van der Waals surface area contributed by atoms with Gasteiger partial charge in [0.2, 0.25) is 5.91 Å². The lowest BCUT2D eigenvalue weighted by atomic mass is 10.0. The van der Waals surface area contributed by atoms with Crippen LogP contribution in [-0.4, -0.2) is 68.6 Å². The van der Waals surface area contributed by atoms with E-state index in [0.717, 1.165) is 49.2 Å². The van der Waals surface area contributed by atoms with Crippen molar-refractivity contribution in [3.63, 3.8) is 0 Å². The number of rotatable bonds is 9. The number of likely N-dealkylation sites (tertiary alicyclic amines) is 1. The molecule has 1 aliphatic heterocycles. The Labute approximate surface area is 235 Å². The van der Waals surface area contributed by atoms with Crippen LogP contribution >= 0.6 is 23.2 Å². The van der Waals surface area contributed by atoms with Crippen LogP contribution in [0.1, 0.15) is 28.8 Å². The van der Waals surface area contributed by atoms with Crippen LogP contribution in [0.5, 0.6) is 0 Å². The molecular formula is C30H34Cl2N4O2. The van der Waals surface area contributed by atoms with Crippen molar-refractivity contribution in [1.29, 1.82) is 0 Å². The minimum Gasteiger partial charge on any atom is -0.365 e. The van der Waals surface area contributed by atoms with Crippen LogP contribution in [-0.2, 0) is 11.2 Å². The highest BCUT2D eigenvalue weighted by molar-refractivity contribution is 6.42. The van der Waals surface area contributed by atoms with Gasteiger partial charge in [0.1, 0.15) is 0 Å². The van der Waals surface area contributed by atoms with Gasteiger partial charge in [0.15, 0.2) is 0 Å². The molecule has 1 fully saturated rings. The molecule has 1 unspecified atom stereocenters. The summed E-state index contributed by atoms with van der Waals surface area (Å²) in [7, 11) is 5.41. The van der Waals surface area contributed by atoms with Crippen LogP contribution in [0, 0.1) is 0 Å². The zero-order valence-electron chi connectivity index (χ0n) is 22.1. The lowest BCUT2D eigenvalue weighted by Crippen LogP contribution is -2.51. The number of hydrogen-bond acceptors (Lipinski definition) is 4. The number of halogens is 2. The van der Waals surface area contributed by atoms with Crippen molar-refractivity contribution in [3.05, 3.63) is 87.9 Å². The average Bonchev–Trinajstić information content (AvgIpc) is 3.47. The summed E-state index contributed by atoms with van der Waals surface area (Å²) < 4.78 is 0. The Kier molecular flexibility index (Phi) is 9.31. The number of carbonyl (C=O) groups is 2. The summed E-state index contributed by atoms with van der Waals surface area (Å²) in [5.74, 6) is -0.0509. The van der Waals surface area contributed by atoms with Gasteiger partial charge in [-0.25, -0.2) is 0 Å². The maximum absolute atomic E-state index is 13.4. The van der Waals surface area contributed by atoms with Crippen molar-refractivity contribution in [3.8, 4) is 11.1 Å². The van der Waals surface area contributed by atoms with Gasteiger partial charge in [0.05, 0.1) is 22.8 Å². The number of carbonyl (C=O) groups excluding carboxylic acids is 2. The molecule has 1 heterocycles. The lowest BCUT2D eigenvalue weighted by Gasteiger charge is -2.36. The molecule has 3 aromatic rings. The number of likely N-dealkylation sites (N-methyl/N-ethyl adjacent to an activating group) is 2. The fourth-order valence-corrected chi connectivity index (χ4v) is 5.14. The zero-order chi connectivity index (χ0) is 27.2. The molecule has 0 saturated carbocycles. The van der Waals surface area contributed by atoms with E-state index in [1.807, 2.05) is 54.2 Å². The van der Waals surface area contributed by atoms with Crippen molar-refractivity contribution in [2.75, 3.05) is 45.7 Å². The summed E-state index contributed by atoms with van der Waals surface area (Å²) in [6.45, 7) is 2.21. The Morgan fingerprint density at radius 3 is 2.08 bits per heavy atom. The smallest absolute Gasteiger partial charge is 0.251 e. The number of nitrogens with one attached hydrogen (secondary N) is 1. The zero-order valence-corrected chi connectivity index (χ0v) is 23.6. The quantitative estimate of drug-likeness (QED) is 0.376. The monoisotopic (exact) mass is 552 g/mol. The molecule has 0 spiro atoms. The van der Waals surface area contributed by atoms with Crippen molar-refractivity contribution in [2.24, 2.45) is 0 Å². The molecule has 0 radical (unpaired) electrons. The van der Waals surface area contributed by atoms with Crippen molar-refractivity contribution in [1.82, 2.24) is 15.1 Å². The number of hydrogen-bond donors (Lipinski definition) is 1. The first-order chi connectivity index (χ1) is 18.3. The van der Waals surface area contributed by atoms with Crippen LogP contribution in [0.4, 0.5) is 5.69 Å². The van der Waals surface area contributed by atoms with Crippen LogP contribution in [0.15, 0.2) is 66.7 Å². The summed E-state index contributed by atoms with van der Waals surface area (Å²) >= 11 is 12.2. The number of benzene rings is 3. The average molecular weight is 554 g/mol. The van der Waals surface area contributed by atoms with Gasteiger partial charge in [-0.15, -0.1) is 0 Å². The van der Waals surface area contributed by atoms with Crippen LogP contribution in [0.25, 0.3) is 11.1 Å². The first kappa shape index (κ1) is 28.0. The van der Waals surface area contributed by atoms with Gasteiger partial charge in [-0.3, -0.25) is 14.5 Å². The van der Waals surface area contributed by atoms with E-state index in [1.54, 1.807) is 19.2 Å².